The van der Waals surface area contributed by atoms with Gasteiger partial charge in [-0.3, -0.25) is 4.79 Å². The summed E-state index contributed by atoms with van der Waals surface area (Å²) in [5.74, 6) is 0.568. The Labute approximate surface area is 148 Å². The number of ketones is 1. The quantitative estimate of drug-likeness (QED) is 0.470. The number of para-hydroxylation sites is 1. The van der Waals surface area contributed by atoms with Crippen molar-refractivity contribution in [1.29, 1.82) is 0 Å². The van der Waals surface area contributed by atoms with Gasteiger partial charge in [-0.25, -0.2) is 0 Å². The highest BCUT2D eigenvalue weighted by atomic mass is 16.5. The largest absolute Gasteiger partial charge is 0.508 e. The van der Waals surface area contributed by atoms with E-state index in [1.807, 2.05) is 37.2 Å². The molecule has 0 bridgehead atoms. The number of phenols is 1. The summed E-state index contributed by atoms with van der Waals surface area (Å²) in [6.07, 6.45) is 5.48. The topological polar surface area (TPSA) is 49.8 Å². The van der Waals surface area contributed by atoms with E-state index in [2.05, 4.69) is 6.58 Å². The van der Waals surface area contributed by atoms with Crippen molar-refractivity contribution in [2.24, 2.45) is 0 Å². The molecule has 0 aliphatic rings. The van der Waals surface area contributed by atoms with Crippen LogP contribution in [0, 0.1) is 0 Å². The third-order valence-electron chi connectivity index (χ3n) is 3.86. The molecule has 4 nitrogen and oxygen atoms in total. The molecule has 0 saturated carbocycles. The van der Waals surface area contributed by atoms with Gasteiger partial charge in [0.15, 0.2) is 5.78 Å². The lowest BCUT2D eigenvalue weighted by Crippen LogP contribution is -2.13. The Hall–Kier alpha value is -3.01. The van der Waals surface area contributed by atoms with E-state index in [1.165, 1.54) is 13.2 Å². The fourth-order valence-corrected chi connectivity index (χ4v) is 2.59. The number of nitrogens with zero attached hydrogens (tertiary/aromatic N) is 1. The molecule has 1 N–H and O–H groups in total. The SMILES string of the molecule is C=CCc1cc(/C=C/C(=O)c2ccccc2N(C)C)c(OC)cc1O. The standard InChI is InChI=1S/C21H23NO3/c1-5-8-15-13-16(21(25-4)14-20(15)24)11-12-19(23)17-9-6-7-10-18(17)22(2)3/h5-7,9-14,24H,1,8H2,2-4H3/b12-11+. The minimum absolute atomic E-state index is 0.0929. The van der Waals surface area contributed by atoms with Gasteiger partial charge in [-0.15, -0.1) is 6.58 Å². The molecule has 0 atom stereocenters. The second kappa shape index (κ2) is 8.20. The zero-order valence-corrected chi connectivity index (χ0v) is 14.8. The van der Waals surface area contributed by atoms with Crippen LogP contribution in [0.4, 0.5) is 5.69 Å². The van der Waals surface area contributed by atoms with Crippen LogP contribution in [-0.2, 0) is 6.42 Å². The highest BCUT2D eigenvalue weighted by molar-refractivity contribution is 6.10. The normalized spacial score (nSPS) is 10.7. The number of methoxy groups -OCH3 is 1. The number of phenolic OH excluding ortho intramolecular Hbond substituents is 1. The molecule has 130 valence electrons. The molecule has 0 aromatic heterocycles. The number of ether oxygens (including phenoxy) is 1. The first-order valence-corrected chi connectivity index (χ1v) is 7.97. The van der Waals surface area contributed by atoms with E-state index in [0.29, 0.717) is 17.7 Å². The average molecular weight is 337 g/mol. The molecule has 0 aliphatic heterocycles. The zero-order valence-electron chi connectivity index (χ0n) is 14.8. The van der Waals surface area contributed by atoms with E-state index in [1.54, 1.807) is 30.4 Å². The van der Waals surface area contributed by atoms with E-state index in [0.717, 1.165) is 16.8 Å². The van der Waals surface area contributed by atoms with Gasteiger partial charge in [-0.1, -0.05) is 18.2 Å². The Morgan fingerprint density at radius 3 is 2.64 bits per heavy atom. The molecule has 2 rings (SSSR count). The third kappa shape index (κ3) is 4.29. The maximum Gasteiger partial charge on any atom is 0.187 e. The van der Waals surface area contributed by atoms with Crippen molar-refractivity contribution in [3.63, 3.8) is 0 Å². The second-order valence-corrected chi connectivity index (χ2v) is 5.82. The Balaban J connectivity index is 2.37. The molecule has 25 heavy (non-hydrogen) atoms. The summed E-state index contributed by atoms with van der Waals surface area (Å²) in [6.45, 7) is 3.69. The number of hydrogen-bond acceptors (Lipinski definition) is 4. The number of hydrogen-bond donors (Lipinski definition) is 1. The van der Waals surface area contributed by atoms with Crippen LogP contribution in [0.15, 0.2) is 55.1 Å². The lowest BCUT2D eigenvalue weighted by molar-refractivity contribution is 0.104. The highest BCUT2D eigenvalue weighted by Gasteiger charge is 2.11. The number of anilines is 1. The van der Waals surface area contributed by atoms with E-state index in [9.17, 15) is 9.90 Å². The number of allylic oxidation sites excluding steroid dienone is 2. The lowest BCUT2D eigenvalue weighted by Gasteiger charge is -2.15. The van der Waals surface area contributed by atoms with Crippen molar-refractivity contribution < 1.29 is 14.6 Å². The molecule has 2 aromatic carbocycles. The summed E-state index contributed by atoms with van der Waals surface area (Å²) < 4.78 is 5.30. The van der Waals surface area contributed by atoms with Gasteiger partial charge in [-0.05, 0) is 42.3 Å². The molecular formula is C21H23NO3. The van der Waals surface area contributed by atoms with E-state index in [-0.39, 0.29) is 11.5 Å². The van der Waals surface area contributed by atoms with E-state index in [4.69, 9.17) is 4.74 Å². The zero-order chi connectivity index (χ0) is 18.4. The van der Waals surface area contributed by atoms with Crippen molar-refractivity contribution in [3.05, 3.63) is 71.8 Å². The number of rotatable bonds is 7. The van der Waals surface area contributed by atoms with Gasteiger partial charge >= 0.3 is 0 Å². The first-order valence-electron chi connectivity index (χ1n) is 7.97. The average Bonchev–Trinajstić information content (AvgIpc) is 2.61. The van der Waals surface area contributed by atoms with Crippen LogP contribution in [0.5, 0.6) is 11.5 Å². The summed E-state index contributed by atoms with van der Waals surface area (Å²) in [7, 11) is 5.34. The van der Waals surface area contributed by atoms with Crippen LogP contribution in [0.25, 0.3) is 6.08 Å². The molecule has 0 amide bonds. The highest BCUT2D eigenvalue weighted by Crippen LogP contribution is 2.30. The maximum atomic E-state index is 12.6. The Bertz CT molecular complexity index is 807. The molecule has 0 unspecified atom stereocenters. The van der Waals surface area contributed by atoms with Crippen molar-refractivity contribution in [1.82, 2.24) is 0 Å². The molecular weight excluding hydrogens is 314 g/mol. The second-order valence-electron chi connectivity index (χ2n) is 5.82. The maximum absolute atomic E-state index is 12.6. The molecule has 0 spiro atoms. The van der Waals surface area contributed by atoms with E-state index >= 15 is 0 Å². The summed E-state index contributed by atoms with van der Waals surface area (Å²) in [5, 5.41) is 10.0. The number of benzene rings is 2. The van der Waals surface area contributed by atoms with Crippen LogP contribution >= 0.6 is 0 Å². The molecule has 0 heterocycles. The van der Waals surface area contributed by atoms with Gasteiger partial charge < -0.3 is 14.7 Å². The lowest BCUT2D eigenvalue weighted by atomic mass is 10.0. The Kier molecular flexibility index (Phi) is 6.01. The van der Waals surface area contributed by atoms with Crippen LogP contribution in [0.1, 0.15) is 21.5 Å². The van der Waals surface area contributed by atoms with Gasteiger partial charge in [0, 0.05) is 37.0 Å². The Morgan fingerprint density at radius 2 is 2.00 bits per heavy atom. The number of carbonyl (C=O) groups excluding carboxylic acids is 1. The predicted octanol–water partition coefficient (Wildman–Crippen LogP) is 4.09. The van der Waals surface area contributed by atoms with Gasteiger partial charge in [-0.2, -0.15) is 0 Å². The smallest absolute Gasteiger partial charge is 0.187 e. The fraction of sp³-hybridized carbons (Fsp3) is 0.190. The summed E-state index contributed by atoms with van der Waals surface area (Å²) in [5.41, 5.74) is 2.96. The summed E-state index contributed by atoms with van der Waals surface area (Å²) >= 11 is 0. The fourth-order valence-electron chi connectivity index (χ4n) is 2.59. The molecule has 0 saturated heterocycles. The van der Waals surface area contributed by atoms with Gasteiger partial charge in [0.1, 0.15) is 11.5 Å². The van der Waals surface area contributed by atoms with Crippen LogP contribution in [-0.4, -0.2) is 32.1 Å². The molecule has 0 aliphatic carbocycles. The van der Waals surface area contributed by atoms with Crippen molar-refractivity contribution in [3.8, 4) is 11.5 Å². The first-order chi connectivity index (χ1) is 12.0. The van der Waals surface area contributed by atoms with Crippen LogP contribution in [0.2, 0.25) is 0 Å². The van der Waals surface area contributed by atoms with Crippen molar-refractivity contribution in [2.45, 2.75) is 6.42 Å². The Morgan fingerprint density at radius 1 is 1.28 bits per heavy atom. The van der Waals surface area contributed by atoms with E-state index < -0.39 is 0 Å². The van der Waals surface area contributed by atoms with Crippen LogP contribution < -0.4 is 9.64 Å². The minimum Gasteiger partial charge on any atom is -0.508 e. The van der Waals surface area contributed by atoms with Crippen molar-refractivity contribution >= 4 is 17.5 Å². The minimum atomic E-state index is -0.0929. The molecule has 2 aromatic rings. The van der Waals surface area contributed by atoms with Gasteiger partial charge in [0.05, 0.1) is 7.11 Å². The third-order valence-corrected chi connectivity index (χ3v) is 3.86. The number of aromatic hydroxyl groups is 1. The molecule has 4 heteroatoms. The predicted molar refractivity (Wildman–Crippen MR) is 103 cm³/mol. The van der Waals surface area contributed by atoms with Crippen LogP contribution in [0.3, 0.4) is 0 Å². The first kappa shape index (κ1) is 18.3. The monoisotopic (exact) mass is 337 g/mol. The summed E-state index contributed by atoms with van der Waals surface area (Å²) in [6, 6.07) is 10.8. The number of carbonyl (C=O) groups is 1. The summed E-state index contributed by atoms with van der Waals surface area (Å²) in [4.78, 5) is 14.5. The van der Waals surface area contributed by atoms with Gasteiger partial charge in [0.2, 0.25) is 0 Å². The van der Waals surface area contributed by atoms with Crippen molar-refractivity contribution in [2.75, 3.05) is 26.1 Å². The molecule has 0 radical (unpaired) electrons. The van der Waals surface area contributed by atoms with Gasteiger partial charge in [0.25, 0.3) is 0 Å². The molecule has 0 fully saturated rings.